The van der Waals surface area contributed by atoms with E-state index in [4.69, 9.17) is 12.2 Å². The van der Waals surface area contributed by atoms with Gasteiger partial charge in [0.05, 0.1) is 5.92 Å². The summed E-state index contributed by atoms with van der Waals surface area (Å²) in [5, 5.41) is 0. The van der Waals surface area contributed by atoms with Gasteiger partial charge in [-0.3, -0.25) is 4.99 Å². The Bertz CT molecular complexity index is 341. The molecule has 0 aliphatic rings. The average Bonchev–Trinajstić information content (AvgIpc) is 2.22. The van der Waals surface area contributed by atoms with Crippen molar-refractivity contribution in [3.05, 3.63) is 36.3 Å². The summed E-state index contributed by atoms with van der Waals surface area (Å²) >= 11 is 0. The van der Waals surface area contributed by atoms with Crippen molar-refractivity contribution in [3.63, 3.8) is 0 Å². The topological polar surface area (TPSA) is 41.6 Å². The second-order valence-electron chi connectivity index (χ2n) is 3.42. The van der Waals surface area contributed by atoms with E-state index < -0.39 is 0 Å². The van der Waals surface area contributed by atoms with Crippen molar-refractivity contribution in [3.8, 4) is 12.3 Å². The van der Waals surface area contributed by atoms with Crippen LogP contribution < -0.4 is 5.73 Å². The molecule has 0 saturated carbocycles. The van der Waals surface area contributed by atoms with Crippen molar-refractivity contribution < 1.29 is 0 Å². The predicted octanol–water partition coefficient (Wildman–Crippen LogP) is 1.76. The third-order valence-electron chi connectivity index (χ3n) is 1.62. The smallest absolute Gasteiger partial charge is 0.0755 e. The van der Waals surface area contributed by atoms with Gasteiger partial charge in [-0.25, -0.2) is 0 Å². The molecule has 0 aliphatic heterocycles. The lowest BCUT2D eigenvalue weighted by molar-refractivity contribution is 0.562. The van der Waals surface area contributed by atoms with Gasteiger partial charge in [-0.05, 0) is 19.1 Å². The Morgan fingerprint density at radius 1 is 1.50 bits per heavy atom. The zero-order valence-electron chi connectivity index (χ0n) is 10.1. The summed E-state index contributed by atoms with van der Waals surface area (Å²) in [6.45, 7) is 1.90. The number of terminal acetylenes is 1. The standard InChI is InChI=1S/C13H19N3/c1-5-7-13(14)10-12(6-2)11-15-8-9-16(3)4/h2,5,7-12H,14H2,1,3-4H3/b7-5-,9-8-,13-10+,15-11+. The number of nitrogens with two attached hydrogens (primary N) is 1. The lowest BCUT2D eigenvalue weighted by Gasteiger charge is -2.01. The Balaban J connectivity index is 4.43. The largest absolute Gasteiger partial charge is 0.399 e. The van der Waals surface area contributed by atoms with E-state index in [0.29, 0.717) is 5.70 Å². The van der Waals surface area contributed by atoms with Crippen LogP contribution in [0.25, 0.3) is 0 Å². The minimum atomic E-state index is -0.178. The molecule has 16 heavy (non-hydrogen) atoms. The molecule has 0 spiro atoms. The van der Waals surface area contributed by atoms with Crippen molar-refractivity contribution in [2.24, 2.45) is 16.6 Å². The van der Waals surface area contributed by atoms with E-state index in [1.165, 1.54) is 0 Å². The van der Waals surface area contributed by atoms with Crippen LogP contribution in [0.4, 0.5) is 0 Å². The number of nitrogens with zero attached hydrogens (tertiary/aromatic N) is 2. The maximum Gasteiger partial charge on any atom is 0.0755 e. The highest BCUT2D eigenvalue weighted by molar-refractivity contribution is 5.68. The molecule has 0 aromatic rings. The molecule has 0 saturated heterocycles. The third-order valence-corrected chi connectivity index (χ3v) is 1.62. The van der Waals surface area contributed by atoms with Gasteiger partial charge in [-0.15, -0.1) is 6.42 Å². The molecule has 0 amide bonds. The van der Waals surface area contributed by atoms with E-state index in [1.54, 1.807) is 24.6 Å². The fraction of sp³-hybridized carbons (Fsp3) is 0.308. The number of hydrogen-bond acceptors (Lipinski definition) is 3. The summed E-state index contributed by atoms with van der Waals surface area (Å²) in [7, 11) is 3.85. The van der Waals surface area contributed by atoms with E-state index in [0.717, 1.165) is 0 Å². The third kappa shape index (κ3) is 7.45. The molecule has 2 N–H and O–H groups in total. The van der Waals surface area contributed by atoms with Gasteiger partial charge in [0.25, 0.3) is 0 Å². The number of allylic oxidation sites excluding steroid dienone is 3. The summed E-state index contributed by atoms with van der Waals surface area (Å²) in [4.78, 5) is 5.98. The summed E-state index contributed by atoms with van der Waals surface area (Å²) in [6.07, 6.45) is 16.0. The van der Waals surface area contributed by atoms with Gasteiger partial charge >= 0.3 is 0 Å². The minimum absolute atomic E-state index is 0.178. The molecule has 0 aromatic carbocycles. The van der Waals surface area contributed by atoms with Gasteiger partial charge in [-0.1, -0.05) is 12.0 Å². The Morgan fingerprint density at radius 3 is 2.69 bits per heavy atom. The summed E-state index contributed by atoms with van der Waals surface area (Å²) in [6, 6.07) is 0. The van der Waals surface area contributed by atoms with E-state index in [9.17, 15) is 0 Å². The fourth-order valence-corrected chi connectivity index (χ4v) is 0.904. The second kappa shape index (κ2) is 8.37. The van der Waals surface area contributed by atoms with Crippen LogP contribution in [0.3, 0.4) is 0 Å². The van der Waals surface area contributed by atoms with E-state index in [2.05, 4.69) is 10.9 Å². The summed E-state index contributed by atoms with van der Waals surface area (Å²) in [5.41, 5.74) is 6.35. The highest BCUT2D eigenvalue weighted by atomic mass is 15.0. The van der Waals surface area contributed by atoms with Crippen LogP contribution in [0.2, 0.25) is 0 Å². The van der Waals surface area contributed by atoms with Crippen molar-refractivity contribution in [1.82, 2.24) is 4.90 Å². The van der Waals surface area contributed by atoms with Crippen LogP contribution in [0.5, 0.6) is 0 Å². The minimum Gasteiger partial charge on any atom is -0.399 e. The van der Waals surface area contributed by atoms with Crippen LogP contribution in [0.1, 0.15) is 6.92 Å². The Morgan fingerprint density at radius 2 is 2.19 bits per heavy atom. The normalized spacial score (nSPS) is 14.8. The van der Waals surface area contributed by atoms with Crippen molar-refractivity contribution in [2.45, 2.75) is 6.92 Å². The maximum absolute atomic E-state index is 5.70. The van der Waals surface area contributed by atoms with Crippen LogP contribution in [-0.2, 0) is 0 Å². The molecule has 0 aliphatic carbocycles. The average molecular weight is 217 g/mol. The molecule has 0 aromatic heterocycles. The lowest BCUT2D eigenvalue weighted by Crippen LogP contribution is -2.01. The van der Waals surface area contributed by atoms with Crippen molar-refractivity contribution in [1.29, 1.82) is 0 Å². The van der Waals surface area contributed by atoms with Gasteiger partial charge in [0, 0.05) is 38.4 Å². The predicted molar refractivity (Wildman–Crippen MR) is 70.7 cm³/mol. The molecule has 1 atom stereocenters. The van der Waals surface area contributed by atoms with Gasteiger partial charge in [0.15, 0.2) is 0 Å². The van der Waals surface area contributed by atoms with E-state index in [-0.39, 0.29) is 5.92 Å². The van der Waals surface area contributed by atoms with Crippen molar-refractivity contribution >= 4 is 6.21 Å². The van der Waals surface area contributed by atoms with Gasteiger partial charge in [0.1, 0.15) is 0 Å². The quantitative estimate of drug-likeness (QED) is 0.433. The van der Waals surface area contributed by atoms with E-state index >= 15 is 0 Å². The second-order valence-corrected chi connectivity index (χ2v) is 3.42. The molecule has 0 bridgehead atoms. The highest BCUT2D eigenvalue weighted by Crippen LogP contribution is 1.98. The molecular weight excluding hydrogens is 198 g/mol. The molecule has 86 valence electrons. The summed E-state index contributed by atoms with van der Waals surface area (Å²) < 4.78 is 0. The zero-order chi connectivity index (χ0) is 12.4. The first-order chi connectivity index (χ1) is 7.60. The number of hydrogen-bond donors (Lipinski definition) is 1. The molecule has 0 fully saturated rings. The Kier molecular flexibility index (Phi) is 7.35. The molecule has 0 heterocycles. The Hall–Kier alpha value is -1.95. The highest BCUT2D eigenvalue weighted by Gasteiger charge is 1.95. The van der Waals surface area contributed by atoms with Crippen LogP contribution in [-0.4, -0.2) is 25.2 Å². The summed E-state index contributed by atoms with van der Waals surface area (Å²) in [5.74, 6) is 2.41. The Labute approximate surface area is 98.0 Å². The molecule has 3 heteroatoms. The van der Waals surface area contributed by atoms with Crippen LogP contribution >= 0.6 is 0 Å². The molecule has 0 radical (unpaired) electrons. The number of aliphatic imine (C=N–C) groups is 1. The SMILES string of the molecule is C#CC(/C=N/C=C\N(C)C)/C=C(N)\C=C/C. The molecule has 1 unspecified atom stereocenters. The first-order valence-corrected chi connectivity index (χ1v) is 5.02. The first-order valence-electron chi connectivity index (χ1n) is 5.02. The van der Waals surface area contributed by atoms with Crippen molar-refractivity contribution in [2.75, 3.05) is 14.1 Å². The lowest BCUT2D eigenvalue weighted by atomic mass is 10.1. The maximum atomic E-state index is 5.70. The fourth-order valence-electron chi connectivity index (χ4n) is 0.904. The number of rotatable bonds is 5. The van der Waals surface area contributed by atoms with Crippen LogP contribution in [0, 0.1) is 18.3 Å². The first kappa shape index (κ1) is 14.1. The monoisotopic (exact) mass is 217 g/mol. The van der Waals surface area contributed by atoms with Gasteiger partial charge in [-0.2, -0.15) is 0 Å². The van der Waals surface area contributed by atoms with Gasteiger partial charge in [0.2, 0.25) is 0 Å². The molecule has 0 rings (SSSR count). The molecule has 3 nitrogen and oxygen atoms in total. The van der Waals surface area contributed by atoms with Crippen LogP contribution in [0.15, 0.2) is 41.3 Å². The zero-order valence-corrected chi connectivity index (χ0v) is 10.1. The molecular formula is C13H19N3. The van der Waals surface area contributed by atoms with Gasteiger partial charge < -0.3 is 10.6 Å². The van der Waals surface area contributed by atoms with E-state index in [1.807, 2.05) is 38.2 Å².